The lowest BCUT2D eigenvalue weighted by Gasteiger charge is -2.09. The lowest BCUT2D eigenvalue weighted by atomic mass is 10.1. The Labute approximate surface area is 152 Å². The van der Waals surface area contributed by atoms with Crippen molar-refractivity contribution in [2.75, 3.05) is 11.9 Å². The maximum atomic E-state index is 12.4. The van der Waals surface area contributed by atoms with Gasteiger partial charge in [-0.25, -0.2) is 0 Å². The molecule has 0 atom stereocenters. The molecule has 1 aliphatic rings. The Morgan fingerprint density at radius 2 is 1.81 bits per heavy atom. The molecule has 0 aromatic heterocycles. The van der Waals surface area contributed by atoms with Crippen LogP contribution in [0.2, 0.25) is 0 Å². The van der Waals surface area contributed by atoms with Crippen molar-refractivity contribution in [2.24, 2.45) is 0 Å². The van der Waals surface area contributed by atoms with E-state index in [-0.39, 0.29) is 5.91 Å². The zero-order valence-corrected chi connectivity index (χ0v) is 14.3. The van der Waals surface area contributed by atoms with Crippen molar-refractivity contribution in [1.82, 2.24) is 0 Å². The topological polar surface area (TPSA) is 47.6 Å². The molecule has 0 radical (unpaired) electrons. The molecule has 0 unspecified atom stereocenters. The normalized spacial score (nSPS) is 12.2. The van der Waals surface area contributed by atoms with Gasteiger partial charge >= 0.3 is 0 Å². The van der Waals surface area contributed by atoms with E-state index in [2.05, 4.69) is 5.32 Å². The highest BCUT2D eigenvalue weighted by atomic mass is 16.5. The van der Waals surface area contributed by atoms with Gasteiger partial charge in [-0.15, -0.1) is 0 Å². The second-order valence-corrected chi connectivity index (χ2v) is 6.17. The fourth-order valence-corrected chi connectivity index (χ4v) is 2.91. The third kappa shape index (κ3) is 3.70. The Bertz CT molecular complexity index is 904. The van der Waals surface area contributed by atoms with E-state index in [0.717, 1.165) is 34.7 Å². The number of fused-ring (bicyclic) bond motifs is 1. The molecule has 4 nitrogen and oxygen atoms in total. The summed E-state index contributed by atoms with van der Waals surface area (Å²) < 4.78 is 11.2. The van der Waals surface area contributed by atoms with E-state index < -0.39 is 0 Å². The number of rotatable bonds is 5. The molecule has 4 rings (SSSR count). The predicted molar refractivity (Wildman–Crippen MR) is 101 cm³/mol. The van der Waals surface area contributed by atoms with Crippen molar-refractivity contribution in [3.05, 3.63) is 89.5 Å². The van der Waals surface area contributed by atoms with Crippen molar-refractivity contribution in [3.63, 3.8) is 0 Å². The molecule has 1 aliphatic heterocycles. The van der Waals surface area contributed by atoms with Crippen molar-refractivity contribution in [2.45, 2.75) is 13.0 Å². The molecule has 0 saturated heterocycles. The Kier molecular flexibility index (Phi) is 4.56. The molecule has 1 amide bonds. The first-order chi connectivity index (χ1) is 12.8. The van der Waals surface area contributed by atoms with Crippen LogP contribution in [0.25, 0.3) is 0 Å². The number of benzene rings is 3. The highest BCUT2D eigenvalue weighted by Gasteiger charge is 2.13. The monoisotopic (exact) mass is 345 g/mol. The zero-order chi connectivity index (χ0) is 17.8. The maximum Gasteiger partial charge on any atom is 0.255 e. The summed E-state index contributed by atoms with van der Waals surface area (Å²) in [5.41, 5.74) is 3.61. The number of nitrogens with one attached hydrogen (secondary N) is 1. The van der Waals surface area contributed by atoms with Crippen LogP contribution in [0.5, 0.6) is 11.5 Å². The van der Waals surface area contributed by atoms with Crippen molar-refractivity contribution < 1.29 is 14.3 Å². The van der Waals surface area contributed by atoms with Gasteiger partial charge in [-0.05, 0) is 53.6 Å². The second-order valence-electron chi connectivity index (χ2n) is 6.17. The molecule has 3 aromatic carbocycles. The van der Waals surface area contributed by atoms with Crippen LogP contribution in [0.15, 0.2) is 72.8 Å². The number of amides is 1. The summed E-state index contributed by atoms with van der Waals surface area (Å²) in [7, 11) is 0. The fourth-order valence-electron chi connectivity index (χ4n) is 2.91. The lowest BCUT2D eigenvalue weighted by molar-refractivity contribution is 0.102. The van der Waals surface area contributed by atoms with Gasteiger partial charge in [0.25, 0.3) is 5.91 Å². The Balaban J connectivity index is 1.37. The van der Waals surface area contributed by atoms with Gasteiger partial charge in [0.1, 0.15) is 18.1 Å². The highest BCUT2D eigenvalue weighted by Crippen LogP contribution is 2.28. The SMILES string of the molecule is O=C(Nc1ccc2c(c1)CCO2)c1ccc(OCc2ccccc2)cc1. The summed E-state index contributed by atoms with van der Waals surface area (Å²) in [5, 5.41) is 2.93. The molecule has 1 heterocycles. The Hall–Kier alpha value is -3.27. The molecule has 0 aliphatic carbocycles. The lowest BCUT2D eigenvalue weighted by Crippen LogP contribution is -2.11. The molecule has 4 heteroatoms. The van der Waals surface area contributed by atoms with E-state index in [1.54, 1.807) is 12.1 Å². The van der Waals surface area contributed by atoms with Crippen molar-refractivity contribution in [3.8, 4) is 11.5 Å². The first-order valence-electron chi connectivity index (χ1n) is 8.62. The van der Waals surface area contributed by atoms with Crippen molar-refractivity contribution >= 4 is 11.6 Å². The highest BCUT2D eigenvalue weighted by molar-refractivity contribution is 6.04. The van der Waals surface area contributed by atoms with E-state index in [0.29, 0.717) is 18.8 Å². The van der Waals surface area contributed by atoms with Crippen LogP contribution >= 0.6 is 0 Å². The fraction of sp³-hybridized carbons (Fsp3) is 0.136. The van der Waals surface area contributed by atoms with Crippen LogP contribution in [0.1, 0.15) is 21.5 Å². The number of carbonyl (C=O) groups excluding carboxylic acids is 1. The van der Waals surface area contributed by atoms with Gasteiger partial charge in [0.2, 0.25) is 0 Å². The first kappa shape index (κ1) is 16.2. The van der Waals surface area contributed by atoms with Gasteiger partial charge in [0, 0.05) is 17.7 Å². The van der Waals surface area contributed by atoms with Crippen molar-refractivity contribution in [1.29, 1.82) is 0 Å². The molecule has 26 heavy (non-hydrogen) atoms. The van der Waals surface area contributed by atoms with E-state index in [9.17, 15) is 4.79 Å². The average molecular weight is 345 g/mol. The molecular formula is C22H19NO3. The molecule has 3 aromatic rings. The molecule has 0 bridgehead atoms. The smallest absolute Gasteiger partial charge is 0.255 e. The number of anilines is 1. The predicted octanol–water partition coefficient (Wildman–Crippen LogP) is 4.45. The van der Waals surface area contributed by atoms with Crippen LogP contribution in [0, 0.1) is 0 Å². The second kappa shape index (κ2) is 7.31. The van der Waals surface area contributed by atoms with Gasteiger partial charge in [0.05, 0.1) is 6.61 Å². The van der Waals surface area contributed by atoms with Crippen LogP contribution in [0.3, 0.4) is 0 Å². The Morgan fingerprint density at radius 1 is 1.00 bits per heavy atom. The zero-order valence-electron chi connectivity index (χ0n) is 14.3. The van der Waals surface area contributed by atoms with Crippen LogP contribution in [-0.2, 0) is 13.0 Å². The summed E-state index contributed by atoms with van der Waals surface area (Å²) in [6, 6.07) is 22.9. The minimum Gasteiger partial charge on any atom is -0.493 e. The van der Waals surface area contributed by atoms with Gasteiger partial charge in [-0.3, -0.25) is 4.79 Å². The molecule has 0 spiro atoms. The summed E-state index contributed by atoms with van der Waals surface area (Å²) >= 11 is 0. The molecule has 1 N–H and O–H groups in total. The first-order valence-corrected chi connectivity index (χ1v) is 8.62. The minimum absolute atomic E-state index is 0.140. The van der Waals surface area contributed by atoms with E-state index in [1.807, 2.05) is 60.7 Å². The summed E-state index contributed by atoms with van der Waals surface area (Å²) in [6.07, 6.45) is 0.881. The third-order valence-electron chi connectivity index (χ3n) is 4.31. The molecular weight excluding hydrogens is 326 g/mol. The standard InChI is InChI=1S/C22H19NO3/c24-22(23-19-8-11-21-18(14-19)12-13-25-21)17-6-9-20(10-7-17)26-15-16-4-2-1-3-5-16/h1-11,14H,12-13,15H2,(H,23,24). The summed E-state index contributed by atoms with van der Waals surface area (Å²) in [6.45, 7) is 1.21. The van der Waals surface area contributed by atoms with Gasteiger partial charge in [-0.2, -0.15) is 0 Å². The van der Waals surface area contributed by atoms with E-state index >= 15 is 0 Å². The maximum absolute atomic E-state index is 12.4. The number of hydrogen-bond donors (Lipinski definition) is 1. The van der Waals surface area contributed by atoms with Gasteiger partial charge in [0.15, 0.2) is 0 Å². The van der Waals surface area contributed by atoms with E-state index in [1.165, 1.54) is 0 Å². The largest absolute Gasteiger partial charge is 0.493 e. The number of carbonyl (C=O) groups is 1. The van der Waals surface area contributed by atoms with E-state index in [4.69, 9.17) is 9.47 Å². The quantitative estimate of drug-likeness (QED) is 0.743. The summed E-state index contributed by atoms with van der Waals surface area (Å²) in [4.78, 5) is 12.4. The van der Waals surface area contributed by atoms with Gasteiger partial charge < -0.3 is 14.8 Å². The molecule has 130 valence electrons. The summed E-state index contributed by atoms with van der Waals surface area (Å²) in [5.74, 6) is 1.50. The van der Waals surface area contributed by atoms with Crippen LogP contribution in [-0.4, -0.2) is 12.5 Å². The third-order valence-corrected chi connectivity index (χ3v) is 4.31. The Morgan fingerprint density at radius 3 is 2.62 bits per heavy atom. The van der Waals surface area contributed by atoms with Gasteiger partial charge in [-0.1, -0.05) is 30.3 Å². The van der Waals surface area contributed by atoms with Crippen LogP contribution in [0.4, 0.5) is 5.69 Å². The molecule has 0 fully saturated rings. The molecule has 0 saturated carbocycles. The average Bonchev–Trinajstić information content (AvgIpc) is 3.15. The number of hydrogen-bond acceptors (Lipinski definition) is 3. The van der Waals surface area contributed by atoms with Crippen LogP contribution < -0.4 is 14.8 Å². The minimum atomic E-state index is -0.140. The number of ether oxygens (including phenoxy) is 2.